The van der Waals surface area contributed by atoms with Crippen LogP contribution in [0.15, 0.2) is 50.4 Å². The second kappa shape index (κ2) is 6.09. The van der Waals surface area contributed by atoms with E-state index in [1.807, 2.05) is 31.2 Å². The Labute approximate surface area is 126 Å². The topological polar surface area (TPSA) is 85.3 Å². The molecule has 0 aliphatic heterocycles. The quantitative estimate of drug-likeness (QED) is 0.859. The van der Waals surface area contributed by atoms with E-state index in [-0.39, 0.29) is 11.1 Å². The van der Waals surface area contributed by atoms with E-state index in [1.54, 1.807) is 6.07 Å². The van der Waals surface area contributed by atoms with Crippen LogP contribution in [0, 0.1) is 0 Å². The van der Waals surface area contributed by atoms with Gasteiger partial charge in [-0.05, 0) is 36.8 Å². The summed E-state index contributed by atoms with van der Waals surface area (Å²) in [7, 11) is -3.78. The minimum Gasteiger partial charge on any atom is -0.447 e. The van der Waals surface area contributed by atoms with Crippen molar-refractivity contribution in [3.8, 4) is 0 Å². The number of hydrogen-bond acceptors (Lipinski definition) is 4. The number of nitrogens with two attached hydrogens (primary N) is 1. The number of furan rings is 1. The van der Waals surface area contributed by atoms with E-state index in [4.69, 9.17) is 9.56 Å². The fraction of sp³-hybridized carbons (Fsp3) is 0.231. The number of nitrogens with one attached hydrogen (secondary N) is 1. The maximum Gasteiger partial charge on any atom is 0.271 e. The molecular weight excluding hydrogens is 344 g/mol. The van der Waals surface area contributed by atoms with E-state index in [2.05, 4.69) is 21.2 Å². The van der Waals surface area contributed by atoms with Gasteiger partial charge in [-0.3, -0.25) is 0 Å². The van der Waals surface area contributed by atoms with Gasteiger partial charge in [0.15, 0.2) is 0 Å². The molecule has 0 saturated heterocycles. The lowest BCUT2D eigenvalue weighted by Gasteiger charge is -2.13. The first kappa shape index (κ1) is 15.2. The summed E-state index contributed by atoms with van der Waals surface area (Å²) in [5.41, 5.74) is 1.12. The Hall–Kier alpha value is -1.15. The molecule has 0 unspecified atom stereocenters. The second-order valence-corrected chi connectivity index (χ2v) is 6.83. The fourth-order valence-corrected chi connectivity index (χ4v) is 2.65. The molecule has 2 rings (SSSR count). The third kappa shape index (κ3) is 3.92. The van der Waals surface area contributed by atoms with Crippen LogP contribution in [0.4, 0.5) is 0 Å². The monoisotopic (exact) mass is 358 g/mol. The molecule has 0 amide bonds. The smallest absolute Gasteiger partial charge is 0.271 e. The molecule has 0 saturated carbocycles. The van der Waals surface area contributed by atoms with E-state index in [1.165, 1.54) is 6.07 Å². The molecule has 108 valence electrons. The summed E-state index contributed by atoms with van der Waals surface area (Å²) >= 11 is 3.42. The van der Waals surface area contributed by atoms with E-state index in [0.717, 1.165) is 10.0 Å². The number of benzene rings is 1. The molecule has 5 nitrogen and oxygen atoms in total. The first-order valence-electron chi connectivity index (χ1n) is 5.96. The second-order valence-electron chi connectivity index (χ2n) is 4.42. The van der Waals surface area contributed by atoms with Gasteiger partial charge < -0.3 is 9.73 Å². The normalized spacial score (nSPS) is 13.3. The molecule has 0 bridgehead atoms. The van der Waals surface area contributed by atoms with Crippen LogP contribution in [0.1, 0.15) is 24.3 Å². The maximum atomic E-state index is 11.1. The Morgan fingerprint density at radius 1 is 1.35 bits per heavy atom. The van der Waals surface area contributed by atoms with Crippen LogP contribution >= 0.6 is 15.9 Å². The third-order valence-corrected chi connectivity index (χ3v) is 4.12. The van der Waals surface area contributed by atoms with Crippen LogP contribution in [0.2, 0.25) is 0 Å². The van der Waals surface area contributed by atoms with Crippen molar-refractivity contribution in [1.29, 1.82) is 0 Å². The lowest BCUT2D eigenvalue weighted by Crippen LogP contribution is -2.17. The number of primary sulfonamides is 1. The summed E-state index contributed by atoms with van der Waals surface area (Å²) in [5, 5.41) is 8.03. The van der Waals surface area contributed by atoms with Crippen molar-refractivity contribution in [1.82, 2.24) is 5.32 Å². The zero-order chi connectivity index (χ0) is 14.8. The number of hydrogen-bond donors (Lipinski definition) is 2. The number of halogens is 1. The Kier molecular flexibility index (Phi) is 4.64. The highest BCUT2D eigenvalue weighted by Crippen LogP contribution is 2.19. The predicted octanol–water partition coefficient (Wildman–Crippen LogP) is 2.54. The molecule has 1 aromatic carbocycles. The standard InChI is InChI=1S/C13H15BrN2O3S/c1-9(10-3-2-4-11(14)7-10)16-8-12-5-6-13(19-12)20(15,17)18/h2-7,9,16H,8H2,1H3,(H2,15,17,18)/t9-/m0/s1. The van der Waals surface area contributed by atoms with Gasteiger partial charge in [-0.25, -0.2) is 13.6 Å². The molecule has 1 atom stereocenters. The first-order valence-corrected chi connectivity index (χ1v) is 8.30. The van der Waals surface area contributed by atoms with Crippen LogP contribution in [0.5, 0.6) is 0 Å². The Morgan fingerprint density at radius 3 is 2.70 bits per heavy atom. The van der Waals surface area contributed by atoms with E-state index in [9.17, 15) is 8.42 Å². The highest BCUT2D eigenvalue weighted by Gasteiger charge is 2.13. The molecule has 1 heterocycles. The SMILES string of the molecule is C[C@H](NCc1ccc(S(N)(=O)=O)o1)c1cccc(Br)c1. The molecule has 20 heavy (non-hydrogen) atoms. The molecule has 0 aliphatic rings. The summed E-state index contributed by atoms with van der Waals surface area (Å²) in [6.45, 7) is 2.44. The molecule has 0 fully saturated rings. The molecular formula is C13H15BrN2O3S. The molecule has 2 aromatic rings. The van der Waals surface area contributed by atoms with Crippen molar-refractivity contribution >= 4 is 26.0 Å². The lowest BCUT2D eigenvalue weighted by atomic mass is 10.1. The minimum atomic E-state index is -3.78. The Morgan fingerprint density at radius 2 is 2.10 bits per heavy atom. The Balaban J connectivity index is 2.00. The summed E-state index contributed by atoms with van der Waals surface area (Å²) in [6.07, 6.45) is 0. The van der Waals surface area contributed by atoms with Gasteiger partial charge in [0.1, 0.15) is 5.76 Å². The van der Waals surface area contributed by atoms with Gasteiger partial charge in [0.05, 0.1) is 6.54 Å². The average Bonchev–Trinajstić information content (AvgIpc) is 2.84. The van der Waals surface area contributed by atoms with Crippen molar-refractivity contribution in [2.24, 2.45) is 5.14 Å². The van der Waals surface area contributed by atoms with Crippen LogP contribution in [-0.4, -0.2) is 8.42 Å². The summed E-state index contributed by atoms with van der Waals surface area (Å²) in [5.74, 6) is 0.524. The highest BCUT2D eigenvalue weighted by molar-refractivity contribution is 9.10. The third-order valence-electron chi connectivity index (χ3n) is 2.85. The fourth-order valence-electron chi connectivity index (χ4n) is 1.75. The van der Waals surface area contributed by atoms with E-state index >= 15 is 0 Å². The van der Waals surface area contributed by atoms with Crippen LogP contribution in [0.25, 0.3) is 0 Å². The van der Waals surface area contributed by atoms with Crippen LogP contribution in [0.3, 0.4) is 0 Å². The maximum absolute atomic E-state index is 11.1. The van der Waals surface area contributed by atoms with E-state index in [0.29, 0.717) is 12.3 Å². The summed E-state index contributed by atoms with van der Waals surface area (Å²) < 4.78 is 28.4. The largest absolute Gasteiger partial charge is 0.447 e. The molecule has 0 aliphatic carbocycles. The zero-order valence-electron chi connectivity index (χ0n) is 10.8. The summed E-state index contributed by atoms with van der Waals surface area (Å²) in [4.78, 5) is 0. The van der Waals surface area contributed by atoms with Crippen molar-refractivity contribution in [3.63, 3.8) is 0 Å². The average molecular weight is 359 g/mol. The van der Waals surface area contributed by atoms with Crippen molar-refractivity contribution in [2.75, 3.05) is 0 Å². The lowest BCUT2D eigenvalue weighted by molar-refractivity contribution is 0.393. The van der Waals surface area contributed by atoms with Gasteiger partial charge in [0.25, 0.3) is 10.0 Å². The Bertz CT molecular complexity index is 697. The molecule has 1 aromatic heterocycles. The van der Waals surface area contributed by atoms with Gasteiger partial charge in [-0.1, -0.05) is 28.1 Å². The van der Waals surface area contributed by atoms with Crippen molar-refractivity contribution in [3.05, 3.63) is 52.2 Å². The van der Waals surface area contributed by atoms with Gasteiger partial charge >= 0.3 is 0 Å². The van der Waals surface area contributed by atoms with Crippen molar-refractivity contribution < 1.29 is 12.8 Å². The van der Waals surface area contributed by atoms with Crippen LogP contribution in [-0.2, 0) is 16.6 Å². The van der Waals surface area contributed by atoms with Crippen LogP contribution < -0.4 is 10.5 Å². The van der Waals surface area contributed by atoms with Gasteiger partial charge in [0.2, 0.25) is 5.09 Å². The number of rotatable bonds is 5. The first-order chi connectivity index (χ1) is 9.36. The molecule has 0 spiro atoms. The number of sulfonamides is 1. The van der Waals surface area contributed by atoms with Gasteiger partial charge in [-0.2, -0.15) is 0 Å². The molecule has 0 radical (unpaired) electrons. The van der Waals surface area contributed by atoms with Crippen molar-refractivity contribution in [2.45, 2.75) is 24.6 Å². The van der Waals surface area contributed by atoms with Gasteiger partial charge in [-0.15, -0.1) is 0 Å². The molecule has 7 heteroatoms. The minimum absolute atomic E-state index is 0.107. The zero-order valence-corrected chi connectivity index (χ0v) is 13.2. The van der Waals surface area contributed by atoms with E-state index < -0.39 is 10.0 Å². The summed E-state index contributed by atoms with van der Waals surface area (Å²) in [6, 6.07) is 11.0. The highest BCUT2D eigenvalue weighted by atomic mass is 79.9. The van der Waals surface area contributed by atoms with Gasteiger partial charge in [0, 0.05) is 10.5 Å². The predicted molar refractivity (Wildman–Crippen MR) is 79.5 cm³/mol. The molecule has 3 N–H and O–H groups in total.